The number of carboxylic acid groups (broad SMARTS) is 1. The van der Waals surface area contributed by atoms with Crippen molar-refractivity contribution < 1.29 is 37.3 Å². The number of halogens is 3. The molecule has 0 aromatic carbocycles. The molecular formula is C14H18F3N3O5. The van der Waals surface area contributed by atoms with Gasteiger partial charge in [-0.3, -0.25) is 4.68 Å². The SMILES string of the molecule is CCOC(=O)c1nn(C2COC2)c2c1CNCC2.O=C(O)C(F)(F)F. The quantitative estimate of drug-likeness (QED) is 0.768. The van der Waals surface area contributed by atoms with Gasteiger partial charge < -0.3 is 19.9 Å². The average molecular weight is 365 g/mol. The number of hydrogen-bond donors (Lipinski definition) is 2. The first-order valence-electron chi connectivity index (χ1n) is 7.61. The van der Waals surface area contributed by atoms with E-state index in [4.69, 9.17) is 19.4 Å². The summed E-state index contributed by atoms with van der Waals surface area (Å²) in [6.07, 6.45) is -4.18. The zero-order valence-corrected chi connectivity index (χ0v) is 13.4. The van der Waals surface area contributed by atoms with Crippen molar-refractivity contribution in [2.45, 2.75) is 32.1 Å². The van der Waals surface area contributed by atoms with Crippen molar-refractivity contribution in [3.05, 3.63) is 17.0 Å². The number of carboxylic acids is 1. The molecule has 8 nitrogen and oxygen atoms in total. The Morgan fingerprint density at radius 2 is 2.08 bits per heavy atom. The molecule has 3 rings (SSSR count). The van der Waals surface area contributed by atoms with Crippen molar-refractivity contribution in [1.29, 1.82) is 0 Å². The van der Waals surface area contributed by atoms with Crippen LogP contribution < -0.4 is 5.32 Å². The molecule has 0 amide bonds. The molecule has 1 fully saturated rings. The maximum absolute atomic E-state index is 11.9. The van der Waals surface area contributed by atoms with E-state index in [1.807, 2.05) is 4.68 Å². The molecule has 1 saturated heterocycles. The van der Waals surface area contributed by atoms with Crippen molar-refractivity contribution in [3.8, 4) is 0 Å². The van der Waals surface area contributed by atoms with Gasteiger partial charge in [0.1, 0.15) is 0 Å². The van der Waals surface area contributed by atoms with Crippen LogP contribution in [-0.2, 0) is 27.2 Å². The second-order valence-corrected chi connectivity index (χ2v) is 5.36. The molecule has 11 heteroatoms. The average Bonchev–Trinajstić information content (AvgIpc) is 2.85. The summed E-state index contributed by atoms with van der Waals surface area (Å²) in [4.78, 5) is 20.8. The second kappa shape index (κ2) is 7.83. The lowest BCUT2D eigenvalue weighted by Crippen LogP contribution is -2.34. The van der Waals surface area contributed by atoms with E-state index in [9.17, 15) is 18.0 Å². The minimum absolute atomic E-state index is 0.278. The Hall–Kier alpha value is -2.14. The van der Waals surface area contributed by atoms with E-state index < -0.39 is 12.1 Å². The van der Waals surface area contributed by atoms with Crippen molar-refractivity contribution in [2.75, 3.05) is 26.4 Å². The van der Waals surface area contributed by atoms with E-state index in [1.54, 1.807) is 6.92 Å². The molecule has 0 spiro atoms. The number of alkyl halides is 3. The smallest absolute Gasteiger partial charge is 0.475 e. The number of carbonyl (C=O) groups is 2. The van der Waals surface area contributed by atoms with Crippen LogP contribution in [0.5, 0.6) is 0 Å². The molecule has 25 heavy (non-hydrogen) atoms. The number of aliphatic carboxylic acids is 1. The normalized spacial score (nSPS) is 17.0. The van der Waals surface area contributed by atoms with Crippen LogP contribution in [0.2, 0.25) is 0 Å². The highest BCUT2D eigenvalue weighted by Gasteiger charge is 2.38. The number of nitrogens with one attached hydrogen (secondary N) is 1. The fourth-order valence-electron chi connectivity index (χ4n) is 2.40. The van der Waals surface area contributed by atoms with Crippen molar-refractivity contribution in [3.63, 3.8) is 0 Å². The van der Waals surface area contributed by atoms with Gasteiger partial charge in [-0.05, 0) is 6.92 Å². The van der Waals surface area contributed by atoms with Gasteiger partial charge in [0.05, 0.1) is 25.9 Å². The van der Waals surface area contributed by atoms with Crippen LogP contribution in [0, 0.1) is 0 Å². The molecule has 1 aromatic rings. The largest absolute Gasteiger partial charge is 0.490 e. The van der Waals surface area contributed by atoms with Gasteiger partial charge in [0.15, 0.2) is 5.69 Å². The highest BCUT2D eigenvalue weighted by atomic mass is 19.4. The zero-order valence-electron chi connectivity index (χ0n) is 13.4. The number of rotatable bonds is 3. The first-order chi connectivity index (χ1) is 11.8. The summed E-state index contributed by atoms with van der Waals surface area (Å²) in [5, 5.41) is 14.9. The molecule has 2 aliphatic rings. The third-order valence-electron chi connectivity index (χ3n) is 3.64. The lowest BCUT2D eigenvalue weighted by atomic mass is 10.1. The number of ether oxygens (including phenoxy) is 2. The lowest BCUT2D eigenvalue weighted by Gasteiger charge is -2.28. The van der Waals surface area contributed by atoms with Gasteiger partial charge in [0.2, 0.25) is 0 Å². The Morgan fingerprint density at radius 3 is 2.56 bits per heavy atom. The summed E-state index contributed by atoms with van der Waals surface area (Å²) < 4.78 is 44.0. The third kappa shape index (κ3) is 4.48. The van der Waals surface area contributed by atoms with Gasteiger partial charge in [0.25, 0.3) is 0 Å². The second-order valence-electron chi connectivity index (χ2n) is 5.36. The predicted molar refractivity (Wildman–Crippen MR) is 77.1 cm³/mol. The van der Waals surface area contributed by atoms with Gasteiger partial charge >= 0.3 is 18.1 Å². The summed E-state index contributed by atoms with van der Waals surface area (Å²) >= 11 is 0. The van der Waals surface area contributed by atoms with Crippen LogP contribution >= 0.6 is 0 Å². The Balaban J connectivity index is 0.000000277. The van der Waals surface area contributed by atoms with E-state index in [1.165, 1.54) is 0 Å². The molecular weight excluding hydrogens is 347 g/mol. The topological polar surface area (TPSA) is 103 Å². The molecule has 1 aromatic heterocycles. The fraction of sp³-hybridized carbons (Fsp3) is 0.643. The number of fused-ring (bicyclic) bond motifs is 1. The number of carbonyl (C=O) groups excluding carboxylic acids is 1. The summed E-state index contributed by atoms with van der Waals surface area (Å²) in [6.45, 7) is 5.17. The summed E-state index contributed by atoms with van der Waals surface area (Å²) in [6, 6.07) is 0.278. The predicted octanol–water partition coefficient (Wildman–Crippen LogP) is 0.910. The van der Waals surface area contributed by atoms with Crippen molar-refractivity contribution in [2.24, 2.45) is 0 Å². The van der Waals surface area contributed by atoms with Gasteiger partial charge in [-0.1, -0.05) is 0 Å². The zero-order chi connectivity index (χ0) is 18.6. The number of aromatic nitrogens is 2. The van der Waals surface area contributed by atoms with Crippen LogP contribution in [0.15, 0.2) is 0 Å². The van der Waals surface area contributed by atoms with Gasteiger partial charge in [-0.15, -0.1) is 0 Å². The summed E-state index contributed by atoms with van der Waals surface area (Å²) in [5.41, 5.74) is 2.61. The Bertz CT molecular complexity index is 640. The molecule has 2 N–H and O–H groups in total. The van der Waals surface area contributed by atoms with Gasteiger partial charge in [-0.25, -0.2) is 9.59 Å². The standard InChI is InChI=1S/C12H17N3O3.C2HF3O2/c1-2-18-12(16)11-9-5-13-4-3-10(9)15(14-11)8-6-17-7-8;3-2(4,5)1(6)7/h8,13H,2-7H2,1H3;(H,6,7). The van der Waals surface area contributed by atoms with E-state index in [-0.39, 0.29) is 12.0 Å². The van der Waals surface area contributed by atoms with E-state index in [2.05, 4.69) is 10.4 Å². The minimum atomic E-state index is -5.08. The van der Waals surface area contributed by atoms with E-state index in [0.29, 0.717) is 32.1 Å². The Morgan fingerprint density at radius 1 is 1.44 bits per heavy atom. The number of nitrogens with zero attached hydrogens (tertiary/aromatic N) is 2. The fourth-order valence-corrected chi connectivity index (χ4v) is 2.40. The maximum atomic E-state index is 11.9. The molecule has 2 aliphatic heterocycles. The first-order valence-corrected chi connectivity index (χ1v) is 7.61. The highest BCUT2D eigenvalue weighted by Crippen LogP contribution is 2.26. The highest BCUT2D eigenvalue weighted by molar-refractivity contribution is 5.89. The molecule has 0 aliphatic carbocycles. The summed E-state index contributed by atoms with van der Waals surface area (Å²) in [5.74, 6) is -3.08. The first kappa shape index (κ1) is 19.2. The molecule has 0 unspecified atom stereocenters. The van der Waals surface area contributed by atoms with Crippen LogP contribution in [-0.4, -0.2) is 59.4 Å². The van der Waals surface area contributed by atoms with Crippen LogP contribution in [0.25, 0.3) is 0 Å². The van der Waals surface area contributed by atoms with Crippen molar-refractivity contribution in [1.82, 2.24) is 15.1 Å². The number of esters is 1. The molecule has 0 saturated carbocycles. The van der Waals surface area contributed by atoms with Crippen LogP contribution in [0.3, 0.4) is 0 Å². The monoisotopic (exact) mass is 365 g/mol. The van der Waals surface area contributed by atoms with Crippen molar-refractivity contribution >= 4 is 11.9 Å². The summed E-state index contributed by atoms with van der Waals surface area (Å²) in [7, 11) is 0. The minimum Gasteiger partial charge on any atom is -0.475 e. The third-order valence-corrected chi connectivity index (χ3v) is 3.64. The molecule has 0 bridgehead atoms. The molecule has 3 heterocycles. The molecule has 140 valence electrons. The van der Waals surface area contributed by atoms with E-state index in [0.717, 1.165) is 24.2 Å². The Kier molecular flexibility index (Phi) is 6.01. The number of hydrogen-bond acceptors (Lipinski definition) is 6. The van der Waals surface area contributed by atoms with Gasteiger partial charge in [0, 0.05) is 30.8 Å². The van der Waals surface area contributed by atoms with Gasteiger partial charge in [-0.2, -0.15) is 18.3 Å². The van der Waals surface area contributed by atoms with Crippen LogP contribution in [0.4, 0.5) is 13.2 Å². The Labute approximate surface area is 140 Å². The molecule has 0 radical (unpaired) electrons. The van der Waals surface area contributed by atoms with E-state index >= 15 is 0 Å². The van der Waals surface area contributed by atoms with Crippen LogP contribution in [0.1, 0.15) is 34.7 Å². The molecule has 0 atom stereocenters. The lowest BCUT2D eigenvalue weighted by molar-refractivity contribution is -0.192. The maximum Gasteiger partial charge on any atom is 0.490 e.